The van der Waals surface area contributed by atoms with Crippen molar-refractivity contribution in [2.45, 2.75) is 74.0 Å². The van der Waals surface area contributed by atoms with Crippen molar-refractivity contribution >= 4 is 65.4 Å². The summed E-state index contributed by atoms with van der Waals surface area (Å²) >= 11 is 0.836. The molecule has 0 spiro atoms. The molecule has 2 aliphatic heterocycles. The molecule has 3 aromatic rings. The summed E-state index contributed by atoms with van der Waals surface area (Å²) in [6.07, 6.45) is 14.3. The van der Waals surface area contributed by atoms with Crippen molar-refractivity contribution in [3.8, 4) is 11.8 Å². The fraction of sp³-hybridized carbons (Fsp3) is 0.381. The van der Waals surface area contributed by atoms with Gasteiger partial charge in [-0.05, 0) is 75.1 Å². The Bertz CT molecular complexity index is 2740. The number of hydrogen-bond acceptors (Lipinski definition) is 15. The van der Waals surface area contributed by atoms with Crippen molar-refractivity contribution in [3.05, 3.63) is 108 Å². The van der Waals surface area contributed by atoms with Crippen LogP contribution < -0.4 is 9.74 Å². The lowest BCUT2D eigenvalue weighted by Gasteiger charge is -2.27. The summed E-state index contributed by atoms with van der Waals surface area (Å²) in [6, 6.07) is 12.4. The molecular weight excluding hydrogens is 929 g/mol. The van der Waals surface area contributed by atoms with Gasteiger partial charge in [-0.1, -0.05) is 49.3 Å². The van der Waals surface area contributed by atoms with E-state index < -0.39 is 71.1 Å². The van der Waals surface area contributed by atoms with Crippen molar-refractivity contribution in [1.29, 1.82) is 0 Å². The molecular formula is C42H53N4O15S4+. The first-order chi connectivity index (χ1) is 30.4. The molecule has 0 radical (unpaired) electrons. The quantitative estimate of drug-likeness (QED) is 0.0155. The summed E-state index contributed by atoms with van der Waals surface area (Å²) < 4.78 is 99.6. The summed E-state index contributed by atoms with van der Waals surface area (Å²) in [6.45, 7) is 7.99. The molecule has 0 amide bonds. The van der Waals surface area contributed by atoms with Crippen LogP contribution >= 0.6 is 12.0 Å². The second-order valence-corrected chi connectivity index (χ2v) is 22.2. The predicted molar refractivity (Wildman–Crippen MR) is 243 cm³/mol. The molecule has 2 aromatic carbocycles. The Morgan fingerprint density at radius 3 is 2.08 bits per heavy atom. The van der Waals surface area contributed by atoms with E-state index in [4.69, 9.17) is 10.1 Å². The lowest BCUT2D eigenvalue weighted by atomic mass is 9.81. The number of anilines is 1. The molecule has 0 aliphatic carbocycles. The minimum absolute atomic E-state index is 0.114. The summed E-state index contributed by atoms with van der Waals surface area (Å²) in [4.78, 5) is 20.1. The standard InChI is InChI=1S/C42H52N4O15S4/c1-41(2)32-27-30(62-61-60-50)17-19-34(32)44(23-11-13-25-63(51,52)53)36(41)15-9-7-6-8-10-16-37-42(3,4)33-28-31(18-20-35(33)45(37)24-12-14-26-64(54,55)56)65(57,58)43(5)29-40(49)59-46-38(47)21-22-39(46)48/h6-10,15-22,27-28H,11-14,23-26,29H2,1-5H3,(H4-,47,48,50,51,52,53,54,55,56)/p+1. The Morgan fingerprint density at radius 2 is 1.43 bits per heavy atom. The molecule has 5 rings (SSSR count). The van der Waals surface area contributed by atoms with E-state index in [0.717, 1.165) is 51.1 Å². The maximum absolute atomic E-state index is 13.7. The van der Waals surface area contributed by atoms with Gasteiger partial charge in [0.15, 0.2) is 5.71 Å². The maximum atomic E-state index is 13.7. The number of allylic oxidation sites excluding steroid dienone is 8. The van der Waals surface area contributed by atoms with Crippen molar-refractivity contribution in [3.63, 3.8) is 0 Å². The van der Waals surface area contributed by atoms with Gasteiger partial charge in [0, 0.05) is 71.5 Å². The van der Waals surface area contributed by atoms with Crippen LogP contribution in [0, 0.1) is 0 Å². The number of rotatable bonds is 22. The van der Waals surface area contributed by atoms with Crippen LogP contribution in [-0.2, 0) is 55.3 Å². The third kappa shape index (κ3) is 12.5. The van der Waals surface area contributed by atoms with Gasteiger partial charge in [-0.3, -0.25) is 9.11 Å². The fourth-order valence-electron chi connectivity index (χ4n) is 7.73. The van der Waals surface area contributed by atoms with Gasteiger partial charge in [-0.2, -0.15) is 25.7 Å². The van der Waals surface area contributed by atoms with Crippen LogP contribution in [-0.4, -0.2) is 113 Å². The Hall–Kier alpha value is -4.82. The third-order valence-corrected chi connectivity index (χ3v) is 14.9. The number of carbonyl (C=O) groups excluding carboxylic acids is 1. The van der Waals surface area contributed by atoms with Crippen LogP contribution in [0.15, 0.2) is 107 Å². The Morgan fingerprint density at radius 1 is 0.800 bits per heavy atom. The van der Waals surface area contributed by atoms with Gasteiger partial charge in [-0.25, -0.2) is 18.5 Å². The van der Waals surface area contributed by atoms with Gasteiger partial charge in [0.1, 0.15) is 13.1 Å². The van der Waals surface area contributed by atoms with E-state index in [1.165, 1.54) is 19.2 Å². The van der Waals surface area contributed by atoms with Crippen LogP contribution in [0.4, 0.5) is 11.4 Å². The first kappa shape index (κ1) is 51.2. The molecule has 0 unspecified atom stereocenters. The topological polar surface area (TPSA) is 263 Å². The zero-order valence-corrected chi connectivity index (χ0v) is 39.5. The molecule has 0 fully saturated rings. The zero-order valence-electron chi connectivity index (χ0n) is 36.3. The number of sulfonamides is 1. The van der Waals surface area contributed by atoms with E-state index in [-0.39, 0.29) is 23.5 Å². The summed E-state index contributed by atoms with van der Waals surface area (Å²) in [5.41, 5.74) is 3.61. The Labute approximate surface area is 382 Å². The highest BCUT2D eigenvalue weighted by atomic mass is 32.2. The van der Waals surface area contributed by atoms with E-state index in [2.05, 4.69) is 13.9 Å². The molecule has 19 nitrogen and oxygen atoms in total. The van der Waals surface area contributed by atoms with Crippen LogP contribution in [0.2, 0.25) is 0 Å². The number of carbonyl (C=O) groups is 1. The summed E-state index contributed by atoms with van der Waals surface area (Å²) in [7, 11) is -11.4. The molecule has 354 valence electrons. The smallest absolute Gasteiger partial charge is 0.348 e. The molecule has 0 saturated carbocycles. The lowest BCUT2D eigenvalue weighted by Crippen LogP contribution is -2.36. The van der Waals surface area contributed by atoms with Gasteiger partial charge in [0.25, 0.3) is 20.2 Å². The summed E-state index contributed by atoms with van der Waals surface area (Å²) in [5.74, 6) is -2.99. The number of nitrogens with zero attached hydrogens (tertiary/aromatic N) is 4. The molecule has 2 aliphatic rings. The van der Waals surface area contributed by atoms with Crippen LogP contribution in [0.5, 0.6) is 11.8 Å². The molecule has 0 saturated heterocycles. The van der Waals surface area contributed by atoms with Gasteiger partial charge in [0.2, 0.25) is 27.5 Å². The van der Waals surface area contributed by atoms with Crippen LogP contribution in [0.25, 0.3) is 0 Å². The number of hydrogen-bond donors (Lipinski definition) is 5. The van der Waals surface area contributed by atoms with Crippen molar-refractivity contribution in [2.24, 2.45) is 0 Å². The maximum Gasteiger partial charge on any atom is 0.348 e. The monoisotopic (exact) mass is 981 g/mol. The van der Waals surface area contributed by atoms with E-state index in [0.29, 0.717) is 46.8 Å². The van der Waals surface area contributed by atoms with Crippen molar-refractivity contribution in [2.75, 3.05) is 43.1 Å². The molecule has 3 heterocycles. The van der Waals surface area contributed by atoms with E-state index in [1.54, 1.807) is 12.1 Å². The van der Waals surface area contributed by atoms with E-state index >= 15 is 0 Å². The first-order valence-corrected chi connectivity index (χ1v) is 25.5. The minimum atomic E-state index is -4.28. The minimum Gasteiger partial charge on any atom is -0.492 e. The van der Waals surface area contributed by atoms with Gasteiger partial charge in [0.05, 0.1) is 33.9 Å². The highest BCUT2D eigenvalue weighted by Crippen LogP contribution is 2.49. The molecule has 65 heavy (non-hydrogen) atoms. The first-order valence-electron chi connectivity index (χ1n) is 20.1. The molecule has 1 aromatic heterocycles. The highest BCUT2D eigenvalue weighted by Gasteiger charge is 2.45. The van der Waals surface area contributed by atoms with Gasteiger partial charge in [-0.15, -0.1) is 9.06 Å². The molecule has 0 atom stereocenters. The van der Waals surface area contributed by atoms with E-state index in [1.807, 2.05) is 87.3 Å². The van der Waals surface area contributed by atoms with E-state index in [9.17, 15) is 49.4 Å². The van der Waals surface area contributed by atoms with Crippen molar-refractivity contribution in [1.82, 2.24) is 9.04 Å². The Kier molecular flexibility index (Phi) is 16.4. The second kappa shape index (κ2) is 20.8. The number of unbranched alkanes of at least 4 members (excludes halogenated alkanes) is 2. The van der Waals surface area contributed by atoms with Crippen LogP contribution in [0.1, 0.15) is 64.5 Å². The average Bonchev–Trinajstić information content (AvgIpc) is 3.73. The number of aromatic nitrogens is 1. The molecule has 5 N–H and O–H groups in total. The summed E-state index contributed by atoms with van der Waals surface area (Å²) in [5, 5.41) is 32.0. The molecule has 0 bridgehead atoms. The van der Waals surface area contributed by atoms with Crippen molar-refractivity contribution < 1.29 is 73.4 Å². The predicted octanol–water partition coefficient (Wildman–Crippen LogP) is 5.67. The number of aromatic hydroxyl groups is 2. The average molecular weight is 982 g/mol. The number of benzene rings is 2. The lowest BCUT2D eigenvalue weighted by molar-refractivity contribution is -0.438. The largest absolute Gasteiger partial charge is 0.492 e. The SMILES string of the molecule is CN(CC(=O)On1c(O)ccc1O)S(=O)(=O)c1ccc2c(c1)C(C)(C)C(=CC=CC=CC=CC1=[N+](CCCCS(=O)(=O)O)c3ccc(SOOO)cc3C1(C)C)N2CCCCS(=O)(=O)O. The van der Waals surface area contributed by atoms with Crippen LogP contribution in [0.3, 0.4) is 0 Å². The highest BCUT2D eigenvalue weighted by molar-refractivity contribution is 7.94. The zero-order chi connectivity index (χ0) is 48.0. The third-order valence-electron chi connectivity index (χ3n) is 11.0. The Balaban J connectivity index is 1.38. The normalized spacial score (nSPS) is 16.8. The number of likely N-dealkylation sites (N-methyl/N-ethyl adjacent to an activating group) is 1. The molecule has 23 heteroatoms. The van der Waals surface area contributed by atoms with Gasteiger partial charge >= 0.3 is 5.97 Å². The fourth-order valence-corrected chi connectivity index (χ4v) is 10.4. The second-order valence-electron chi connectivity index (χ2n) is 16.3. The number of fused-ring (bicyclic) bond motifs is 2. The van der Waals surface area contributed by atoms with Gasteiger partial charge < -0.3 is 20.0 Å².